The Labute approximate surface area is 249 Å². The van der Waals surface area contributed by atoms with E-state index in [4.69, 9.17) is 0 Å². The van der Waals surface area contributed by atoms with Crippen LogP contribution >= 0.6 is 22.7 Å². The van der Waals surface area contributed by atoms with Gasteiger partial charge in [0.15, 0.2) is 0 Å². The first-order valence-electron chi connectivity index (χ1n) is 14.0. The standard InChI is InChI=1S/C30H28N8O2S2/c39-25(13-19-15-31-23-10-3-1-8-21(19)23)33-29-37-35-27(41-29)17-6-5-7-18(12-17)28-36-38-30(42-28)34-26(40)14-20-16-32-24-11-4-2-9-22(20)24/h1-4,8-11,15-18,31-32H,5-7,12-14H2,(H,33,37,39)(H,34,38,40)/t17-,18-/m0/s1. The summed E-state index contributed by atoms with van der Waals surface area (Å²) in [4.78, 5) is 31.9. The number of rotatable bonds is 8. The van der Waals surface area contributed by atoms with Gasteiger partial charge in [-0.15, -0.1) is 20.4 Å². The highest BCUT2D eigenvalue weighted by Gasteiger charge is 2.29. The molecule has 12 heteroatoms. The Bertz CT molecular complexity index is 1750. The summed E-state index contributed by atoms with van der Waals surface area (Å²) in [6.45, 7) is 0. The summed E-state index contributed by atoms with van der Waals surface area (Å²) in [5.41, 5.74) is 3.93. The monoisotopic (exact) mass is 596 g/mol. The normalized spacial score (nSPS) is 17.0. The molecule has 2 aromatic carbocycles. The predicted octanol–water partition coefficient (Wildman–Crippen LogP) is 6.16. The minimum absolute atomic E-state index is 0.114. The van der Waals surface area contributed by atoms with Gasteiger partial charge < -0.3 is 20.6 Å². The molecule has 42 heavy (non-hydrogen) atoms. The molecule has 7 rings (SSSR count). The summed E-state index contributed by atoms with van der Waals surface area (Å²) in [7, 11) is 0. The number of para-hydroxylation sites is 2. The van der Waals surface area contributed by atoms with Gasteiger partial charge in [0.2, 0.25) is 22.1 Å². The van der Waals surface area contributed by atoms with Gasteiger partial charge in [-0.2, -0.15) is 0 Å². The lowest BCUT2D eigenvalue weighted by Crippen LogP contribution is -2.14. The number of fused-ring (bicyclic) bond motifs is 2. The number of nitrogens with one attached hydrogen (secondary N) is 4. The summed E-state index contributed by atoms with van der Waals surface area (Å²) in [5, 5.41) is 28.2. The second-order valence-corrected chi connectivity index (χ2v) is 12.6. The molecule has 0 aliphatic heterocycles. The number of nitrogens with zero attached hydrogens (tertiary/aromatic N) is 4. The molecular weight excluding hydrogens is 569 g/mol. The molecule has 10 nitrogen and oxygen atoms in total. The lowest BCUT2D eigenvalue weighted by Gasteiger charge is -2.25. The van der Waals surface area contributed by atoms with E-state index in [0.717, 1.165) is 68.6 Å². The first-order chi connectivity index (χ1) is 20.6. The van der Waals surface area contributed by atoms with Crippen LogP contribution in [0.1, 0.15) is 58.7 Å². The maximum atomic E-state index is 12.7. The molecule has 4 N–H and O–H groups in total. The average Bonchev–Trinajstić information content (AvgIpc) is 3.82. The predicted molar refractivity (Wildman–Crippen MR) is 165 cm³/mol. The number of amides is 2. The van der Waals surface area contributed by atoms with Crippen LogP contribution in [-0.2, 0) is 22.4 Å². The van der Waals surface area contributed by atoms with E-state index < -0.39 is 0 Å². The smallest absolute Gasteiger partial charge is 0.230 e. The first-order valence-corrected chi connectivity index (χ1v) is 15.6. The topological polar surface area (TPSA) is 141 Å². The highest BCUT2D eigenvalue weighted by Crippen LogP contribution is 2.43. The van der Waals surface area contributed by atoms with Crippen LogP contribution < -0.4 is 10.6 Å². The van der Waals surface area contributed by atoms with Crippen LogP contribution in [0.25, 0.3) is 21.8 Å². The molecule has 1 fully saturated rings. The molecule has 1 aliphatic carbocycles. The Morgan fingerprint density at radius 3 is 1.69 bits per heavy atom. The Balaban J connectivity index is 0.949. The number of H-pyrrole nitrogens is 2. The van der Waals surface area contributed by atoms with Crippen molar-refractivity contribution in [2.24, 2.45) is 0 Å². The van der Waals surface area contributed by atoms with E-state index in [-0.39, 0.29) is 36.5 Å². The maximum Gasteiger partial charge on any atom is 0.230 e. The third kappa shape index (κ3) is 5.55. The summed E-state index contributed by atoms with van der Waals surface area (Å²) in [6, 6.07) is 15.9. The minimum atomic E-state index is -0.114. The van der Waals surface area contributed by atoms with Crippen LogP contribution in [0.2, 0.25) is 0 Å². The molecule has 4 aromatic heterocycles. The number of hydrogen-bond acceptors (Lipinski definition) is 8. The van der Waals surface area contributed by atoms with Gasteiger partial charge >= 0.3 is 0 Å². The Hall–Kier alpha value is -4.42. The number of aromatic amines is 2. The van der Waals surface area contributed by atoms with Gasteiger partial charge in [-0.05, 0) is 42.5 Å². The molecule has 0 bridgehead atoms. The zero-order valence-electron chi connectivity index (χ0n) is 22.6. The molecule has 0 unspecified atom stereocenters. The van der Waals surface area contributed by atoms with Crippen molar-refractivity contribution >= 4 is 66.6 Å². The van der Waals surface area contributed by atoms with E-state index in [0.29, 0.717) is 10.3 Å². The van der Waals surface area contributed by atoms with Crippen LogP contribution in [0.4, 0.5) is 10.3 Å². The Morgan fingerprint density at radius 2 is 1.19 bits per heavy atom. The van der Waals surface area contributed by atoms with Crippen molar-refractivity contribution in [2.45, 2.75) is 50.4 Å². The Kier molecular flexibility index (Phi) is 7.22. The van der Waals surface area contributed by atoms with Crippen LogP contribution in [0.5, 0.6) is 0 Å². The summed E-state index contributed by atoms with van der Waals surface area (Å²) in [5.74, 6) is 0.253. The van der Waals surface area contributed by atoms with E-state index in [1.165, 1.54) is 22.7 Å². The minimum Gasteiger partial charge on any atom is -0.361 e. The third-order valence-corrected chi connectivity index (χ3v) is 9.80. The molecule has 0 spiro atoms. The van der Waals surface area contributed by atoms with Gasteiger partial charge in [-0.1, -0.05) is 65.5 Å². The van der Waals surface area contributed by atoms with E-state index in [1.807, 2.05) is 60.9 Å². The van der Waals surface area contributed by atoms with E-state index in [2.05, 4.69) is 41.0 Å². The van der Waals surface area contributed by atoms with Crippen molar-refractivity contribution in [3.8, 4) is 0 Å². The number of hydrogen-bond donors (Lipinski definition) is 4. The molecule has 6 aromatic rings. The van der Waals surface area contributed by atoms with E-state index in [1.54, 1.807) is 0 Å². The fourth-order valence-electron chi connectivity index (χ4n) is 5.77. The molecule has 212 valence electrons. The third-order valence-electron chi connectivity index (χ3n) is 7.80. The lowest BCUT2D eigenvalue weighted by molar-refractivity contribution is -0.116. The number of benzene rings is 2. The zero-order chi connectivity index (χ0) is 28.5. The SMILES string of the molecule is O=C(Cc1c[nH]c2ccccc12)Nc1nnc([C@H]2CCC[C@H](c3nnc(NC(=O)Cc4c[nH]c5ccccc45)s3)C2)s1. The van der Waals surface area contributed by atoms with Crippen LogP contribution in [0.3, 0.4) is 0 Å². The van der Waals surface area contributed by atoms with E-state index >= 15 is 0 Å². The number of carbonyl (C=O) groups excluding carboxylic acids is 2. The van der Waals surface area contributed by atoms with Crippen molar-refractivity contribution in [3.05, 3.63) is 82.1 Å². The van der Waals surface area contributed by atoms with Crippen molar-refractivity contribution in [3.63, 3.8) is 0 Å². The highest BCUT2D eigenvalue weighted by atomic mass is 32.1. The van der Waals surface area contributed by atoms with Gasteiger partial charge in [0.05, 0.1) is 12.8 Å². The maximum absolute atomic E-state index is 12.7. The highest BCUT2D eigenvalue weighted by molar-refractivity contribution is 7.15. The molecule has 0 radical (unpaired) electrons. The van der Waals surface area contributed by atoms with Gasteiger partial charge in [0.1, 0.15) is 10.0 Å². The molecule has 1 saturated carbocycles. The number of anilines is 2. The quantitative estimate of drug-likeness (QED) is 0.166. The van der Waals surface area contributed by atoms with Gasteiger partial charge in [-0.3, -0.25) is 9.59 Å². The molecular formula is C30H28N8O2S2. The summed E-state index contributed by atoms with van der Waals surface area (Å²) in [6.07, 6.45) is 8.25. The van der Waals surface area contributed by atoms with Crippen LogP contribution in [0.15, 0.2) is 60.9 Å². The molecule has 1 aliphatic rings. The Morgan fingerprint density at radius 1 is 0.714 bits per heavy atom. The fourth-order valence-corrected chi connectivity index (χ4v) is 7.58. The summed E-state index contributed by atoms with van der Waals surface area (Å²) < 4.78 is 0. The second-order valence-electron chi connectivity index (χ2n) is 10.6. The fraction of sp³-hybridized carbons (Fsp3) is 0.267. The average molecular weight is 597 g/mol. The second kappa shape index (κ2) is 11.5. The summed E-state index contributed by atoms with van der Waals surface area (Å²) >= 11 is 2.89. The molecule has 2 amide bonds. The molecule has 0 saturated heterocycles. The molecule has 2 atom stereocenters. The van der Waals surface area contributed by atoms with Crippen molar-refractivity contribution in [1.29, 1.82) is 0 Å². The van der Waals surface area contributed by atoms with Crippen molar-refractivity contribution in [1.82, 2.24) is 30.4 Å². The van der Waals surface area contributed by atoms with E-state index in [9.17, 15) is 9.59 Å². The zero-order valence-corrected chi connectivity index (χ0v) is 24.2. The largest absolute Gasteiger partial charge is 0.361 e. The first kappa shape index (κ1) is 26.5. The van der Waals surface area contributed by atoms with Crippen LogP contribution in [-0.4, -0.2) is 42.2 Å². The van der Waals surface area contributed by atoms with Gasteiger partial charge in [-0.25, -0.2) is 0 Å². The number of aromatic nitrogens is 6. The molecule has 4 heterocycles. The van der Waals surface area contributed by atoms with Crippen molar-refractivity contribution < 1.29 is 9.59 Å². The lowest BCUT2D eigenvalue weighted by atomic mass is 9.82. The van der Waals surface area contributed by atoms with Gasteiger partial charge in [0.25, 0.3) is 0 Å². The van der Waals surface area contributed by atoms with Gasteiger partial charge in [0, 0.05) is 46.0 Å². The van der Waals surface area contributed by atoms with Crippen LogP contribution in [0, 0.1) is 0 Å². The number of carbonyl (C=O) groups is 2. The van der Waals surface area contributed by atoms with Crippen molar-refractivity contribution in [2.75, 3.05) is 10.6 Å².